The predicted octanol–water partition coefficient (Wildman–Crippen LogP) is 1.20. The largest absolute Gasteiger partial charge is 0.468 e. The lowest BCUT2D eigenvalue weighted by Gasteiger charge is -2.26. The molecular formula is C12H23NO3. The van der Waals surface area contributed by atoms with E-state index in [-0.39, 0.29) is 24.0 Å². The summed E-state index contributed by atoms with van der Waals surface area (Å²) >= 11 is 0. The highest BCUT2D eigenvalue weighted by atomic mass is 16.5. The zero-order valence-corrected chi connectivity index (χ0v) is 10.7. The van der Waals surface area contributed by atoms with Crippen molar-refractivity contribution >= 4 is 5.97 Å². The van der Waals surface area contributed by atoms with Crippen LogP contribution in [-0.4, -0.2) is 38.9 Å². The maximum absolute atomic E-state index is 11.6. The van der Waals surface area contributed by atoms with Gasteiger partial charge >= 0.3 is 5.97 Å². The Morgan fingerprint density at radius 2 is 2.00 bits per heavy atom. The molecule has 0 aliphatic heterocycles. The van der Waals surface area contributed by atoms with Crippen molar-refractivity contribution in [1.29, 1.82) is 0 Å². The third kappa shape index (κ3) is 3.76. The fourth-order valence-electron chi connectivity index (χ4n) is 1.89. The van der Waals surface area contributed by atoms with Gasteiger partial charge in [-0.3, -0.25) is 10.1 Å². The Morgan fingerprint density at radius 3 is 2.38 bits per heavy atom. The lowest BCUT2D eigenvalue weighted by atomic mass is 10.0. The zero-order chi connectivity index (χ0) is 12.1. The molecule has 0 aromatic carbocycles. The molecule has 16 heavy (non-hydrogen) atoms. The van der Waals surface area contributed by atoms with Crippen molar-refractivity contribution in [2.24, 2.45) is 11.8 Å². The van der Waals surface area contributed by atoms with Crippen LogP contribution >= 0.6 is 0 Å². The summed E-state index contributed by atoms with van der Waals surface area (Å²) in [6.45, 7) is 4.70. The Hall–Kier alpha value is -0.610. The van der Waals surface area contributed by atoms with Gasteiger partial charge in [-0.05, 0) is 24.7 Å². The van der Waals surface area contributed by atoms with Crippen LogP contribution < -0.4 is 5.32 Å². The highest BCUT2D eigenvalue weighted by molar-refractivity contribution is 5.76. The summed E-state index contributed by atoms with van der Waals surface area (Å²) in [4.78, 5) is 11.6. The van der Waals surface area contributed by atoms with E-state index in [1.807, 2.05) is 13.8 Å². The smallest absolute Gasteiger partial charge is 0.323 e. The van der Waals surface area contributed by atoms with E-state index in [0.29, 0.717) is 12.5 Å². The van der Waals surface area contributed by atoms with Gasteiger partial charge in [0.15, 0.2) is 0 Å². The van der Waals surface area contributed by atoms with Crippen LogP contribution in [0.25, 0.3) is 0 Å². The summed E-state index contributed by atoms with van der Waals surface area (Å²) < 4.78 is 10.00. The number of hydrogen-bond acceptors (Lipinski definition) is 4. The molecule has 1 aliphatic rings. The van der Waals surface area contributed by atoms with Gasteiger partial charge in [-0.25, -0.2) is 0 Å². The van der Waals surface area contributed by atoms with Crippen molar-refractivity contribution in [2.45, 2.75) is 38.8 Å². The molecule has 0 aromatic rings. The molecule has 1 aliphatic carbocycles. The van der Waals surface area contributed by atoms with Crippen LogP contribution in [0.3, 0.4) is 0 Å². The first kappa shape index (κ1) is 13.5. The average Bonchev–Trinajstić information content (AvgIpc) is 3.06. The first-order chi connectivity index (χ1) is 7.60. The number of carbonyl (C=O) groups is 1. The molecule has 2 unspecified atom stereocenters. The summed E-state index contributed by atoms with van der Waals surface area (Å²) in [6, 6.07) is 0.0437. The molecule has 0 saturated heterocycles. The SMILES string of the molecule is COCC(NC(C(=O)OC)C(C)C)C1CC1. The molecule has 4 nitrogen and oxygen atoms in total. The van der Waals surface area contributed by atoms with E-state index >= 15 is 0 Å². The van der Waals surface area contributed by atoms with Crippen molar-refractivity contribution in [2.75, 3.05) is 20.8 Å². The van der Waals surface area contributed by atoms with Crippen molar-refractivity contribution in [3.63, 3.8) is 0 Å². The normalized spacial score (nSPS) is 19.6. The van der Waals surface area contributed by atoms with Crippen LogP contribution in [0.1, 0.15) is 26.7 Å². The highest BCUT2D eigenvalue weighted by Crippen LogP contribution is 2.33. The topological polar surface area (TPSA) is 47.6 Å². The van der Waals surface area contributed by atoms with Crippen molar-refractivity contribution in [3.05, 3.63) is 0 Å². The Kier molecular flexibility index (Phi) is 5.22. The van der Waals surface area contributed by atoms with Crippen molar-refractivity contribution in [1.82, 2.24) is 5.32 Å². The standard InChI is InChI=1S/C12H23NO3/c1-8(2)11(12(14)16-4)13-10(7-15-3)9-5-6-9/h8-11,13H,5-7H2,1-4H3. The third-order valence-electron chi connectivity index (χ3n) is 3.05. The molecule has 1 rings (SSSR count). The van der Waals surface area contributed by atoms with E-state index in [1.54, 1.807) is 7.11 Å². The van der Waals surface area contributed by atoms with E-state index in [1.165, 1.54) is 20.0 Å². The van der Waals surface area contributed by atoms with Crippen LogP contribution in [0.4, 0.5) is 0 Å². The van der Waals surface area contributed by atoms with Crippen LogP contribution in [0.5, 0.6) is 0 Å². The van der Waals surface area contributed by atoms with E-state index in [0.717, 1.165) is 0 Å². The zero-order valence-electron chi connectivity index (χ0n) is 10.7. The Labute approximate surface area is 97.7 Å². The summed E-state index contributed by atoms with van der Waals surface area (Å²) in [6.07, 6.45) is 2.46. The number of rotatable bonds is 7. The minimum Gasteiger partial charge on any atom is -0.468 e. The second-order valence-electron chi connectivity index (χ2n) is 4.81. The van der Waals surface area contributed by atoms with E-state index in [4.69, 9.17) is 9.47 Å². The minimum absolute atomic E-state index is 0.184. The quantitative estimate of drug-likeness (QED) is 0.666. The molecule has 1 fully saturated rings. The minimum atomic E-state index is -0.231. The van der Waals surface area contributed by atoms with Crippen molar-refractivity contribution < 1.29 is 14.3 Å². The van der Waals surface area contributed by atoms with Crippen LogP contribution in [-0.2, 0) is 14.3 Å². The van der Waals surface area contributed by atoms with Gasteiger partial charge in [0.1, 0.15) is 6.04 Å². The molecule has 0 radical (unpaired) electrons. The number of nitrogens with one attached hydrogen (secondary N) is 1. The van der Waals surface area contributed by atoms with Gasteiger partial charge in [-0.1, -0.05) is 13.8 Å². The van der Waals surface area contributed by atoms with Gasteiger partial charge in [0.2, 0.25) is 0 Å². The molecule has 0 bridgehead atoms. The number of hydrogen-bond donors (Lipinski definition) is 1. The number of esters is 1. The first-order valence-corrected chi connectivity index (χ1v) is 5.93. The van der Waals surface area contributed by atoms with Crippen molar-refractivity contribution in [3.8, 4) is 0 Å². The third-order valence-corrected chi connectivity index (χ3v) is 3.05. The fraction of sp³-hybridized carbons (Fsp3) is 0.917. The Morgan fingerprint density at radius 1 is 1.38 bits per heavy atom. The lowest BCUT2D eigenvalue weighted by molar-refractivity contribution is -0.144. The number of ether oxygens (including phenoxy) is 2. The Balaban J connectivity index is 2.53. The monoisotopic (exact) mass is 229 g/mol. The molecule has 4 heteroatoms. The average molecular weight is 229 g/mol. The second-order valence-corrected chi connectivity index (χ2v) is 4.81. The van der Waals surface area contributed by atoms with Gasteiger partial charge in [-0.2, -0.15) is 0 Å². The van der Waals surface area contributed by atoms with Crippen LogP contribution in [0.2, 0.25) is 0 Å². The van der Waals surface area contributed by atoms with Gasteiger partial charge in [0.25, 0.3) is 0 Å². The maximum Gasteiger partial charge on any atom is 0.323 e. The van der Waals surface area contributed by atoms with Gasteiger partial charge in [0.05, 0.1) is 13.7 Å². The first-order valence-electron chi connectivity index (χ1n) is 5.93. The molecule has 94 valence electrons. The predicted molar refractivity (Wildman–Crippen MR) is 62.2 cm³/mol. The van der Waals surface area contributed by atoms with E-state index in [2.05, 4.69) is 5.32 Å². The molecule has 0 aromatic heterocycles. The summed E-state index contributed by atoms with van der Waals surface area (Å²) in [5.74, 6) is 0.702. The molecule has 1 saturated carbocycles. The number of methoxy groups -OCH3 is 2. The van der Waals surface area contributed by atoms with E-state index < -0.39 is 0 Å². The van der Waals surface area contributed by atoms with Gasteiger partial charge in [0, 0.05) is 13.2 Å². The second kappa shape index (κ2) is 6.21. The molecular weight excluding hydrogens is 206 g/mol. The summed E-state index contributed by atoms with van der Waals surface area (Å²) in [5, 5.41) is 3.37. The molecule has 0 amide bonds. The van der Waals surface area contributed by atoms with Crippen LogP contribution in [0, 0.1) is 11.8 Å². The highest BCUT2D eigenvalue weighted by Gasteiger charge is 2.35. The summed E-state index contributed by atoms with van der Waals surface area (Å²) in [5.41, 5.74) is 0. The maximum atomic E-state index is 11.6. The van der Waals surface area contributed by atoms with Gasteiger partial charge < -0.3 is 9.47 Å². The molecule has 2 atom stereocenters. The lowest BCUT2D eigenvalue weighted by Crippen LogP contribution is -2.49. The molecule has 0 heterocycles. The van der Waals surface area contributed by atoms with E-state index in [9.17, 15) is 4.79 Å². The summed E-state index contributed by atoms with van der Waals surface area (Å²) in [7, 11) is 3.13. The fourth-order valence-corrected chi connectivity index (χ4v) is 1.89. The molecule has 1 N–H and O–H groups in total. The van der Waals surface area contributed by atoms with Crippen LogP contribution in [0.15, 0.2) is 0 Å². The Bertz CT molecular complexity index is 226. The number of carbonyl (C=O) groups excluding carboxylic acids is 1. The molecule has 0 spiro atoms. The van der Waals surface area contributed by atoms with Gasteiger partial charge in [-0.15, -0.1) is 0 Å².